The van der Waals surface area contributed by atoms with E-state index in [1.54, 1.807) is 24.3 Å². The van der Waals surface area contributed by atoms with Crippen LogP contribution in [0, 0.1) is 0 Å². The number of aromatic carboxylic acids is 2. The third-order valence-corrected chi connectivity index (χ3v) is 7.85. The highest BCUT2D eigenvalue weighted by Gasteiger charge is 2.21. The molecular formula is C38H34N2O6. The molecule has 5 aromatic rings. The predicted octanol–water partition coefficient (Wildman–Crippen LogP) is 7.36. The van der Waals surface area contributed by atoms with E-state index in [-0.39, 0.29) is 30.4 Å². The Morgan fingerprint density at radius 1 is 0.630 bits per heavy atom. The Morgan fingerprint density at radius 2 is 1.09 bits per heavy atom. The van der Waals surface area contributed by atoms with Gasteiger partial charge in [-0.1, -0.05) is 98.3 Å². The van der Waals surface area contributed by atoms with Gasteiger partial charge < -0.3 is 15.3 Å². The molecule has 0 fully saturated rings. The fourth-order valence-corrected chi connectivity index (χ4v) is 5.61. The fourth-order valence-electron chi connectivity index (χ4n) is 5.61. The summed E-state index contributed by atoms with van der Waals surface area (Å²) in [5.41, 5.74) is 5.85. The Morgan fingerprint density at radius 3 is 1.48 bits per heavy atom. The molecule has 0 bridgehead atoms. The normalized spacial score (nSPS) is 10.9. The van der Waals surface area contributed by atoms with E-state index in [1.165, 1.54) is 0 Å². The van der Waals surface area contributed by atoms with E-state index in [2.05, 4.69) is 6.92 Å². The molecule has 1 aromatic heterocycles. The molecule has 0 saturated heterocycles. The molecule has 0 aliphatic carbocycles. The van der Waals surface area contributed by atoms with Gasteiger partial charge in [0.05, 0.1) is 28.9 Å². The molecule has 0 radical (unpaired) electrons. The summed E-state index contributed by atoms with van der Waals surface area (Å²) >= 11 is 0. The van der Waals surface area contributed by atoms with E-state index in [0.717, 1.165) is 24.0 Å². The molecule has 0 atom stereocenters. The number of carbonyl (C=O) groups is 3. The predicted molar refractivity (Wildman–Crippen MR) is 175 cm³/mol. The van der Waals surface area contributed by atoms with Crippen LogP contribution in [0.4, 0.5) is 0 Å². The highest BCUT2D eigenvalue weighted by atomic mass is 16.4. The third-order valence-electron chi connectivity index (χ3n) is 7.85. The van der Waals surface area contributed by atoms with Gasteiger partial charge in [-0.2, -0.15) is 0 Å². The molecule has 5 rings (SSSR count). The monoisotopic (exact) mass is 614 g/mol. The van der Waals surface area contributed by atoms with Crippen molar-refractivity contribution in [2.45, 2.75) is 45.4 Å². The van der Waals surface area contributed by atoms with Crippen molar-refractivity contribution in [1.82, 2.24) is 9.97 Å². The first-order valence-corrected chi connectivity index (χ1v) is 15.2. The zero-order chi connectivity index (χ0) is 32.6. The van der Waals surface area contributed by atoms with Gasteiger partial charge in [-0.05, 0) is 51.9 Å². The quantitative estimate of drug-likeness (QED) is 0.125. The van der Waals surface area contributed by atoms with Crippen LogP contribution in [0.3, 0.4) is 0 Å². The molecule has 8 heteroatoms. The lowest BCUT2D eigenvalue weighted by Gasteiger charge is -2.16. The van der Waals surface area contributed by atoms with Crippen LogP contribution in [-0.4, -0.2) is 43.2 Å². The number of aliphatic carboxylic acids is 1. The van der Waals surface area contributed by atoms with Crippen LogP contribution in [0.1, 0.15) is 74.4 Å². The summed E-state index contributed by atoms with van der Waals surface area (Å²) in [6.07, 6.45) is 2.42. The molecule has 0 aliphatic heterocycles. The minimum Gasteiger partial charge on any atom is -0.481 e. The average molecular weight is 615 g/mol. The number of hydrogen-bond acceptors (Lipinski definition) is 5. The van der Waals surface area contributed by atoms with Gasteiger partial charge in [-0.25, -0.2) is 19.6 Å². The molecule has 0 unspecified atom stereocenters. The van der Waals surface area contributed by atoms with Crippen molar-refractivity contribution in [3.8, 4) is 22.3 Å². The standard InChI is InChI=1S/C38H34N2O6/c1-2-3-14-35-39-33(21-24-15-17-28(30(19-24)37(43)44)26-10-6-4-7-11-26)32(23-36(41)42)34(40-35)22-25-16-18-29(31(20-25)38(45)46)27-12-8-5-9-13-27/h4-13,15-20H,2-3,14,21-23H2,1H3,(H,41,42)(H,43,44)(H,45,46). The molecule has 46 heavy (non-hydrogen) atoms. The summed E-state index contributed by atoms with van der Waals surface area (Å²) in [5, 5.41) is 30.0. The van der Waals surface area contributed by atoms with Crippen LogP contribution in [0.5, 0.6) is 0 Å². The molecule has 0 saturated carbocycles. The Hall–Kier alpha value is -5.63. The summed E-state index contributed by atoms with van der Waals surface area (Å²) in [7, 11) is 0. The van der Waals surface area contributed by atoms with Crippen LogP contribution < -0.4 is 0 Å². The number of carboxylic acid groups (broad SMARTS) is 3. The zero-order valence-electron chi connectivity index (χ0n) is 25.4. The Kier molecular flexibility index (Phi) is 9.97. The van der Waals surface area contributed by atoms with Crippen LogP contribution in [0.2, 0.25) is 0 Å². The second-order valence-corrected chi connectivity index (χ2v) is 11.1. The molecule has 232 valence electrons. The minimum atomic E-state index is -1.06. The van der Waals surface area contributed by atoms with E-state index in [9.17, 15) is 29.7 Å². The Bertz CT molecular complexity index is 1760. The second-order valence-electron chi connectivity index (χ2n) is 11.1. The lowest BCUT2D eigenvalue weighted by Crippen LogP contribution is -2.15. The second kappa shape index (κ2) is 14.4. The smallest absolute Gasteiger partial charge is 0.336 e. The van der Waals surface area contributed by atoms with E-state index in [1.807, 2.05) is 72.8 Å². The molecule has 3 N–H and O–H groups in total. The van der Waals surface area contributed by atoms with Crippen molar-refractivity contribution in [1.29, 1.82) is 0 Å². The molecule has 0 aliphatic rings. The summed E-state index contributed by atoms with van der Waals surface area (Å²) in [6, 6.07) is 29.0. The van der Waals surface area contributed by atoms with E-state index < -0.39 is 17.9 Å². The van der Waals surface area contributed by atoms with Gasteiger partial charge in [0.1, 0.15) is 5.82 Å². The SMILES string of the molecule is CCCCc1nc(Cc2ccc(-c3ccccc3)c(C(=O)O)c2)c(CC(=O)O)c(Cc2ccc(-c3ccccc3)c(C(=O)O)c2)n1. The Labute approximate surface area is 267 Å². The number of aryl methyl sites for hydroxylation is 1. The largest absolute Gasteiger partial charge is 0.481 e. The summed E-state index contributed by atoms with van der Waals surface area (Å²) in [4.78, 5) is 46.3. The van der Waals surface area contributed by atoms with Crippen molar-refractivity contribution in [3.05, 3.63) is 142 Å². The first kappa shape index (κ1) is 31.8. The van der Waals surface area contributed by atoms with Crippen LogP contribution in [-0.2, 0) is 30.5 Å². The molecule has 0 amide bonds. The number of nitrogens with zero attached hydrogens (tertiary/aromatic N) is 2. The molecule has 1 heterocycles. The lowest BCUT2D eigenvalue weighted by atomic mass is 9.92. The van der Waals surface area contributed by atoms with Gasteiger partial charge in [0.25, 0.3) is 0 Å². The fraction of sp³-hybridized carbons (Fsp3) is 0.184. The van der Waals surface area contributed by atoms with Crippen molar-refractivity contribution in [3.63, 3.8) is 0 Å². The first-order chi connectivity index (χ1) is 22.2. The van der Waals surface area contributed by atoms with E-state index >= 15 is 0 Å². The number of rotatable bonds is 13. The Balaban J connectivity index is 1.58. The molecule has 8 nitrogen and oxygen atoms in total. The van der Waals surface area contributed by atoms with Gasteiger partial charge in [-0.3, -0.25) is 4.79 Å². The van der Waals surface area contributed by atoms with E-state index in [4.69, 9.17) is 9.97 Å². The van der Waals surface area contributed by atoms with Gasteiger partial charge >= 0.3 is 17.9 Å². The molecular weight excluding hydrogens is 580 g/mol. The maximum atomic E-state index is 12.3. The first-order valence-electron chi connectivity index (χ1n) is 15.2. The number of hydrogen-bond donors (Lipinski definition) is 3. The van der Waals surface area contributed by atoms with E-state index in [0.29, 0.717) is 51.5 Å². The topological polar surface area (TPSA) is 138 Å². The molecule has 0 spiro atoms. The third kappa shape index (κ3) is 7.53. The number of benzene rings is 4. The summed E-state index contributed by atoms with van der Waals surface area (Å²) < 4.78 is 0. The number of aromatic nitrogens is 2. The zero-order valence-corrected chi connectivity index (χ0v) is 25.4. The number of carboxylic acids is 3. The van der Waals surface area contributed by atoms with Crippen LogP contribution >= 0.6 is 0 Å². The van der Waals surface area contributed by atoms with Crippen molar-refractivity contribution < 1.29 is 29.7 Å². The maximum Gasteiger partial charge on any atom is 0.336 e. The highest BCUT2D eigenvalue weighted by Crippen LogP contribution is 2.29. The summed E-state index contributed by atoms with van der Waals surface area (Å²) in [6.45, 7) is 2.06. The van der Waals surface area contributed by atoms with Gasteiger partial charge in [0, 0.05) is 24.8 Å². The van der Waals surface area contributed by atoms with Gasteiger partial charge in [0.15, 0.2) is 0 Å². The van der Waals surface area contributed by atoms with Crippen molar-refractivity contribution in [2.24, 2.45) is 0 Å². The number of unbranched alkanes of at least 4 members (excludes halogenated alkanes) is 1. The van der Waals surface area contributed by atoms with Crippen molar-refractivity contribution in [2.75, 3.05) is 0 Å². The summed E-state index contributed by atoms with van der Waals surface area (Å²) in [5.74, 6) is -2.61. The maximum absolute atomic E-state index is 12.3. The van der Waals surface area contributed by atoms with Crippen LogP contribution in [0.25, 0.3) is 22.3 Å². The van der Waals surface area contributed by atoms with Gasteiger partial charge in [0.2, 0.25) is 0 Å². The molecule has 4 aromatic carbocycles. The van der Waals surface area contributed by atoms with Gasteiger partial charge in [-0.15, -0.1) is 0 Å². The van der Waals surface area contributed by atoms with Crippen molar-refractivity contribution >= 4 is 17.9 Å². The van der Waals surface area contributed by atoms with Crippen LogP contribution in [0.15, 0.2) is 97.1 Å². The average Bonchev–Trinajstić information content (AvgIpc) is 3.05. The lowest BCUT2D eigenvalue weighted by molar-refractivity contribution is -0.136. The minimum absolute atomic E-state index is 0.142. The highest BCUT2D eigenvalue weighted by molar-refractivity contribution is 5.97.